The Hall–Kier alpha value is -0.800. The first kappa shape index (κ1) is 11.3. The number of likely N-dealkylation sites (tertiary alicyclic amines) is 1. The van der Waals surface area contributed by atoms with Crippen molar-refractivity contribution in [3.63, 3.8) is 0 Å². The molecule has 0 amide bonds. The molecule has 2 heterocycles. The Morgan fingerprint density at radius 1 is 1.35 bits per heavy atom. The molecule has 2 unspecified atom stereocenters. The highest BCUT2D eigenvalue weighted by Gasteiger charge is 2.35. The molecule has 2 atom stereocenters. The van der Waals surface area contributed by atoms with Gasteiger partial charge in [-0.15, -0.1) is 0 Å². The second-order valence-electron chi connectivity index (χ2n) is 5.60. The fraction of sp³-hybridized carbons (Fsp3) is 0.714. The normalized spacial score (nSPS) is 28.8. The van der Waals surface area contributed by atoms with Crippen molar-refractivity contribution < 1.29 is 4.42 Å². The van der Waals surface area contributed by atoms with Crippen LogP contribution in [0.4, 0.5) is 0 Å². The van der Waals surface area contributed by atoms with Gasteiger partial charge < -0.3 is 9.73 Å². The summed E-state index contributed by atoms with van der Waals surface area (Å²) in [6.45, 7) is 4.46. The van der Waals surface area contributed by atoms with Crippen LogP contribution < -0.4 is 5.32 Å². The largest absolute Gasteiger partial charge is 0.468 e. The number of nitrogens with zero attached hydrogens (tertiary/aromatic N) is 1. The summed E-state index contributed by atoms with van der Waals surface area (Å²) in [6, 6.07) is 2.19. The van der Waals surface area contributed by atoms with Crippen LogP contribution in [-0.2, 0) is 13.1 Å². The number of hydrogen-bond donors (Lipinski definition) is 1. The molecule has 1 saturated carbocycles. The van der Waals surface area contributed by atoms with Crippen molar-refractivity contribution in [2.45, 2.75) is 32.4 Å². The molecule has 2 aliphatic rings. The molecule has 1 aliphatic carbocycles. The lowest BCUT2D eigenvalue weighted by molar-refractivity contribution is 0.276. The predicted octanol–water partition coefficient (Wildman–Crippen LogP) is 2.23. The standard InChI is InChI=1S/C14H22N2O/c1-15-6-11-5-14(17-10-11)9-16-7-12-3-2-4-13(12)8-16/h5,10,12-13,15H,2-4,6-9H2,1H3. The van der Waals surface area contributed by atoms with Gasteiger partial charge in [0.1, 0.15) is 5.76 Å². The lowest BCUT2D eigenvalue weighted by Gasteiger charge is -2.14. The van der Waals surface area contributed by atoms with E-state index >= 15 is 0 Å². The van der Waals surface area contributed by atoms with E-state index in [2.05, 4.69) is 16.3 Å². The molecule has 0 radical (unpaired) electrons. The van der Waals surface area contributed by atoms with Gasteiger partial charge in [0.05, 0.1) is 12.8 Å². The van der Waals surface area contributed by atoms with Gasteiger partial charge in [0, 0.05) is 25.2 Å². The number of furan rings is 1. The van der Waals surface area contributed by atoms with Gasteiger partial charge in [-0.1, -0.05) is 6.42 Å². The van der Waals surface area contributed by atoms with Crippen LogP contribution in [0, 0.1) is 11.8 Å². The maximum Gasteiger partial charge on any atom is 0.118 e. The molecule has 3 heteroatoms. The first-order chi connectivity index (χ1) is 8.35. The van der Waals surface area contributed by atoms with Crippen LogP contribution in [0.5, 0.6) is 0 Å². The molecule has 3 rings (SSSR count). The maximum atomic E-state index is 5.62. The number of fused-ring (bicyclic) bond motifs is 1. The van der Waals surface area contributed by atoms with Gasteiger partial charge in [0.15, 0.2) is 0 Å². The molecular formula is C14H22N2O. The topological polar surface area (TPSA) is 28.4 Å². The molecule has 1 aromatic heterocycles. The number of nitrogens with one attached hydrogen (secondary N) is 1. The minimum absolute atomic E-state index is 0.898. The first-order valence-electron chi connectivity index (χ1n) is 6.78. The lowest BCUT2D eigenvalue weighted by atomic mass is 10.0. The molecule has 1 aliphatic heterocycles. The highest BCUT2D eigenvalue weighted by molar-refractivity contribution is 5.12. The van der Waals surface area contributed by atoms with E-state index in [1.165, 1.54) is 37.9 Å². The SMILES string of the molecule is CNCc1coc(CN2CC3CCCC3C2)c1. The van der Waals surface area contributed by atoms with E-state index < -0.39 is 0 Å². The highest BCUT2D eigenvalue weighted by Crippen LogP contribution is 2.38. The summed E-state index contributed by atoms with van der Waals surface area (Å²) in [6.07, 6.45) is 6.23. The van der Waals surface area contributed by atoms with E-state index in [4.69, 9.17) is 4.42 Å². The first-order valence-corrected chi connectivity index (χ1v) is 6.78. The highest BCUT2D eigenvalue weighted by atomic mass is 16.3. The van der Waals surface area contributed by atoms with Crippen LogP contribution in [-0.4, -0.2) is 25.0 Å². The Labute approximate surface area is 103 Å². The summed E-state index contributed by atoms with van der Waals surface area (Å²) in [7, 11) is 1.97. The molecule has 94 valence electrons. The fourth-order valence-corrected chi connectivity index (χ4v) is 3.49. The van der Waals surface area contributed by atoms with Crippen molar-refractivity contribution in [1.82, 2.24) is 10.2 Å². The fourth-order valence-electron chi connectivity index (χ4n) is 3.49. The van der Waals surface area contributed by atoms with E-state index in [1.54, 1.807) is 0 Å². The van der Waals surface area contributed by atoms with Gasteiger partial charge >= 0.3 is 0 Å². The lowest BCUT2D eigenvalue weighted by Crippen LogP contribution is -2.20. The third kappa shape index (κ3) is 2.40. The minimum atomic E-state index is 0.898. The Balaban J connectivity index is 1.56. The second-order valence-corrected chi connectivity index (χ2v) is 5.60. The van der Waals surface area contributed by atoms with E-state index in [0.717, 1.165) is 30.7 Å². The zero-order valence-electron chi connectivity index (χ0n) is 10.6. The van der Waals surface area contributed by atoms with E-state index in [-0.39, 0.29) is 0 Å². The molecule has 0 aromatic carbocycles. The van der Waals surface area contributed by atoms with E-state index in [9.17, 15) is 0 Å². The quantitative estimate of drug-likeness (QED) is 0.866. The summed E-state index contributed by atoms with van der Waals surface area (Å²) in [5.41, 5.74) is 1.25. The average Bonchev–Trinajstić information content (AvgIpc) is 2.95. The van der Waals surface area contributed by atoms with E-state index in [0.29, 0.717) is 0 Å². The van der Waals surface area contributed by atoms with Gasteiger partial charge in [0.2, 0.25) is 0 Å². The smallest absolute Gasteiger partial charge is 0.118 e. The molecule has 0 spiro atoms. The molecule has 1 aromatic rings. The molecular weight excluding hydrogens is 212 g/mol. The van der Waals surface area contributed by atoms with Gasteiger partial charge in [-0.25, -0.2) is 0 Å². The van der Waals surface area contributed by atoms with Crippen LogP contribution >= 0.6 is 0 Å². The predicted molar refractivity (Wildman–Crippen MR) is 67.6 cm³/mol. The molecule has 2 fully saturated rings. The van der Waals surface area contributed by atoms with Crippen molar-refractivity contribution in [3.8, 4) is 0 Å². The summed E-state index contributed by atoms with van der Waals surface area (Å²) in [4.78, 5) is 2.57. The van der Waals surface area contributed by atoms with Crippen LogP contribution in [0.25, 0.3) is 0 Å². The van der Waals surface area contributed by atoms with Crippen LogP contribution in [0.15, 0.2) is 16.7 Å². The molecule has 3 nitrogen and oxygen atoms in total. The van der Waals surface area contributed by atoms with E-state index in [1.807, 2.05) is 13.3 Å². The molecule has 1 saturated heterocycles. The van der Waals surface area contributed by atoms with Gasteiger partial charge in [-0.3, -0.25) is 4.90 Å². The van der Waals surface area contributed by atoms with Gasteiger partial charge in [-0.05, 0) is 37.8 Å². The zero-order valence-corrected chi connectivity index (χ0v) is 10.6. The number of hydrogen-bond acceptors (Lipinski definition) is 3. The van der Waals surface area contributed by atoms with Crippen molar-refractivity contribution in [2.24, 2.45) is 11.8 Å². The molecule has 17 heavy (non-hydrogen) atoms. The van der Waals surface area contributed by atoms with Crippen LogP contribution in [0.1, 0.15) is 30.6 Å². The monoisotopic (exact) mass is 234 g/mol. The Morgan fingerprint density at radius 3 is 2.82 bits per heavy atom. The van der Waals surface area contributed by atoms with Crippen molar-refractivity contribution in [2.75, 3.05) is 20.1 Å². The van der Waals surface area contributed by atoms with Crippen molar-refractivity contribution in [3.05, 3.63) is 23.7 Å². The third-order valence-corrected chi connectivity index (χ3v) is 4.27. The molecule has 1 N–H and O–H groups in total. The Kier molecular flexibility index (Phi) is 3.21. The maximum absolute atomic E-state index is 5.62. The number of rotatable bonds is 4. The Bertz CT molecular complexity index is 362. The van der Waals surface area contributed by atoms with Gasteiger partial charge in [0.25, 0.3) is 0 Å². The molecule has 0 bridgehead atoms. The summed E-state index contributed by atoms with van der Waals surface area (Å²) >= 11 is 0. The van der Waals surface area contributed by atoms with Gasteiger partial charge in [-0.2, -0.15) is 0 Å². The second kappa shape index (κ2) is 4.83. The third-order valence-electron chi connectivity index (χ3n) is 4.27. The van der Waals surface area contributed by atoms with Crippen molar-refractivity contribution >= 4 is 0 Å². The van der Waals surface area contributed by atoms with Crippen LogP contribution in [0.3, 0.4) is 0 Å². The zero-order chi connectivity index (χ0) is 11.7. The average molecular weight is 234 g/mol. The summed E-state index contributed by atoms with van der Waals surface area (Å²) in [5.74, 6) is 3.07. The van der Waals surface area contributed by atoms with Crippen molar-refractivity contribution in [1.29, 1.82) is 0 Å². The minimum Gasteiger partial charge on any atom is -0.468 e. The van der Waals surface area contributed by atoms with Crippen LogP contribution in [0.2, 0.25) is 0 Å². The Morgan fingerprint density at radius 2 is 2.12 bits per heavy atom. The summed E-state index contributed by atoms with van der Waals surface area (Å²) in [5, 5.41) is 3.15. The summed E-state index contributed by atoms with van der Waals surface area (Å²) < 4.78 is 5.62.